The van der Waals surface area contributed by atoms with E-state index in [0.29, 0.717) is 6.04 Å². The van der Waals surface area contributed by atoms with Crippen LogP contribution in [0.2, 0.25) is 0 Å². The first-order valence-corrected chi connectivity index (χ1v) is 5.60. The van der Waals surface area contributed by atoms with E-state index in [1.807, 2.05) is 6.07 Å². The van der Waals surface area contributed by atoms with E-state index in [1.165, 1.54) is 11.8 Å². The van der Waals surface area contributed by atoms with Crippen LogP contribution in [0.15, 0.2) is 24.4 Å². The quantitative estimate of drug-likeness (QED) is 0.745. The fourth-order valence-corrected chi connectivity index (χ4v) is 1.56. The molecule has 1 rings (SSSR count). The molecule has 1 heterocycles. The molecule has 0 aliphatic heterocycles. The minimum absolute atomic E-state index is 0.331. The minimum Gasteiger partial charge on any atom is -0.381 e. The predicted octanol–water partition coefficient (Wildman–Crippen LogP) is 2.63. The molecule has 3 nitrogen and oxygen atoms in total. The van der Waals surface area contributed by atoms with Gasteiger partial charge >= 0.3 is 0 Å². The highest BCUT2D eigenvalue weighted by molar-refractivity contribution is 5.81. The Labute approximate surface area is 97.1 Å². The van der Waals surface area contributed by atoms with Gasteiger partial charge in [-0.25, -0.2) is 0 Å². The number of hydrogen-bond acceptors (Lipinski definition) is 3. The summed E-state index contributed by atoms with van der Waals surface area (Å²) in [5.41, 5.74) is 3.06. The van der Waals surface area contributed by atoms with Crippen LogP contribution < -0.4 is 5.32 Å². The van der Waals surface area contributed by atoms with E-state index < -0.39 is 0 Å². The largest absolute Gasteiger partial charge is 0.381 e. The predicted molar refractivity (Wildman–Crippen MR) is 68.6 cm³/mol. The van der Waals surface area contributed by atoms with Crippen molar-refractivity contribution < 1.29 is 0 Å². The maximum absolute atomic E-state index is 7.19. The second kappa shape index (κ2) is 6.05. The SMILES string of the molecule is CCc1cccnc1/C(=C/C=N)NC(C)C. The second-order valence-electron chi connectivity index (χ2n) is 3.91. The number of aromatic nitrogens is 1. The van der Waals surface area contributed by atoms with Crippen LogP contribution in [-0.2, 0) is 6.42 Å². The summed E-state index contributed by atoms with van der Waals surface area (Å²) in [7, 11) is 0. The number of rotatable bonds is 5. The van der Waals surface area contributed by atoms with Crippen molar-refractivity contribution in [2.45, 2.75) is 33.2 Å². The number of nitrogens with zero attached hydrogens (tertiary/aromatic N) is 1. The molecule has 0 radical (unpaired) electrons. The first kappa shape index (κ1) is 12.4. The van der Waals surface area contributed by atoms with Crippen molar-refractivity contribution in [1.29, 1.82) is 5.41 Å². The molecule has 0 aliphatic rings. The van der Waals surface area contributed by atoms with Gasteiger partial charge in [0.1, 0.15) is 0 Å². The van der Waals surface area contributed by atoms with E-state index in [-0.39, 0.29) is 0 Å². The molecule has 0 spiro atoms. The third kappa shape index (κ3) is 3.19. The second-order valence-corrected chi connectivity index (χ2v) is 3.91. The zero-order chi connectivity index (χ0) is 12.0. The topological polar surface area (TPSA) is 48.8 Å². The van der Waals surface area contributed by atoms with E-state index in [1.54, 1.807) is 12.3 Å². The third-order valence-corrected chi connectivity index (χ3v) is 2.22. The molecule has 0 saturated heterocycles. The molecule has 0 saturated carbocycles. The Balaban J connectivity index is 3.10. The van der Waals surface area contributed by atoms with Gasteiger partial charge in [0, 0.05) is 18.5 Å². The van der Waals surface area contributed by atoms with Crippen LogP contribution in [0.5, 0.6) is 0 Å². The molecule has 0 bridgehead atoms. The highest BCUT2D eigenvalue weighted by atomic mass is 14.9. The summed E-state index contributed by atoms with van der Waals surface area (Å²) in [4.78, 5) is 4.39. The minimum atomic E-state index is 0.331. The third-order valence-electron chi connectivity index (χ3n) is 2.22. The van der Waals surface area contributed by atoms with Crippen LogP contribution in [0.4, 0.5) is 0 Å². The fourth-order valence-electron chi connectivity index (χ4n) is 1.56. The molecule has 2 N–H and O–H groups in total. The highest BCUT2D eigenvalue weighted by Gasteiger charge is 2.08. The Bertz CT molecular complexity index is 381. The summed E-state index contributed by atoms with van der Waals surface area (Å²) in [5, 5.41) is 10.5. The molecular weight excluding hydrogens is 198 g/mol. The summed E-state index contributed by atoms with van der Waals surface area (Å²) < 4.78 is 0. The van der Waals surface area contributed by atoms with Crippen molar-refractivity contribution in [2.75, 3.05) is 0 Å². The summed E-state index contributed by atoms with van der Waals surface area (Å²) in [5.74, 6) is 0. The Kier molecular flexibility index (Phi) is 4.70. The van der Waals surface area contributed by atoms with Gasteiger partial charge < -0.3 is 10.7 Å². The van der Waals surface area contributed by atoms with Crippen LogP contribution in [0.3, 0.4) is 0 Å². The van der Waals surface area contributed by atoms with Gasteiger partial charge in [-0.3, -0.25) is 4.98 Å². The van der Waals surface area contributed by atoms with Gasteiger partial charge in [0.25, 0.3) is 0 Å². The zero-order valence-electron chi connectivity index (χ0n) is 10.1. The van der Waals surface area contributed by atoms with Crippen molar-refractivity contribution >= 4 is 11.9 Å². The molecular formula is C13H19N3. The van der Waals surface area contributed by atoms with Gasteiger partial charge in [-0.05, 0) is 38.0 Å². The average molecular weight is 217 g/mol. The lowest BCUT2D eigenvalue weighted by atomic mass is 10.1. The number of allylic oxidation sites excluding steroid dienone is 1. The molecule has 0 unspecified atom stereocenters. The molecule has 3 heteroatoms. The Morgan fingerprint density at radius 3 is 2.88 bits per heavy atom. The number of aryl methyl sites for hydroxylation is 1. The van der Waals surface area contributed by atoms with Crippen molar-refractivity contribution in [3.05, 3.63) is 35.7 Å². The van der Waals surface area contributed by atoms with E-state index >= 15 is 0 Å². The van der Waals surface area contributed by atoms with E-state index in [2.05, 4.69) is 37.1 Å². The van der Waals surface area contributed by atoms with Crippen LogP contribution in [0, 0.1) is 5.41 Å². The lowest BCUT2D eigenvalue weighted by Crippen LogP contribution is -2.22. The molecule has 0 amide bonds. The zero-order valence-corrected chi connectivity index (χ0v) is 10.1. The number of hydrogen-bond donors (Lipinski definition) is 2. The van der Waals surface area contributed by atoms with Crippen LogP contribution in [0.25, 0.3) is 5.70 Å². The van der Waals surface area contributed by atoms with Gasteiger partial charge in [0.2, 0.25) is 0 Å². The lowest BCUT2D eigenvalue weighted by molar-refractivity contribution is 0.714. The summed E-state index contributed by atoms with van der Waals surface area (Å²) in [6.45, 7) is 6.26. The van der Waals surface area contributed by atoms with Crippen molar-refractivity contribution in [2.24, 2.45) is 0 Å². The van der Waals surface area contributed by atoms with Gasteiger partial charge in [-0.2, -0.15) is 0 Å². The smallest absolute Gasteiger partial charge is 0.0893 e. The van der Waals surface area contributed by atoms with Gasteiger partial charge in [0.15, 0.2) is 0 Å². The number of nitrogens with one attached hydrogen (secondary N) is 2. The molecule has 0 aliphatic carbocycles. The maximum atomic E-state index is 7.19. The summed E-state index contributed by atoms with van der Waals surface area (Å²) >= 11 is 0. The normalized spacial score (nSPS) is 11.6. The van der Waals surface area contributed by atoms with E-state index in [4.69, 9.17) is 5.41 Å². The summed E-state index contributed by atoms with van der Waals surface area (Å²) in [6.07, 6.45) is 5.77. The molecule has 1 aromatic rings. The lowest BCUT2D eigenvalue weighted by Gasteiger charge is -2.15. The van der Waals surface area contributed by atoms with Crippen molar-refractivity contribution in [3.63, 3.8) is 0 Å². The molecule has 0 atom stereocenters. The average Bonchev–Trinajstić information content (AvgIpc) is 2.28. The first-order valence-electron chi connectivity index (χ1n) is 5.60. The van der Waals surface area contributed by atoms with Gasteiger partial charge in [0.05, 0.1) is 11.4 Å². The Hall–Kier alpha value is -1.64. The highest BCUT2D eigenvalue weighted by Crippen LogP contribution is 2.15. The van der Waals surface area contributed by atoms with Crippen molar-refractivity contribution in [3.8, 4) is 0 Å². The number of pyridine rings is 1. The Morgan fingerprint density at radius 1 is 1.56 bits per heavy atom. The van der Waals surface area contributed by atoms with Gasteiger partial charge in [-0.1, -0.05) is 13.0 Å². The molecule has 1 aromatic heterocycles. The summed E-state index contributed by atoms with van der Waals surface area (Å²) in [6, 6.07) is 4.35. The maximum Gasteiger partial charge on any atom is 0.0893 e. The van der Waals surface area contributed by atoms with Crippen LogP contribution >= 0.6 is 0 Å². The van der Waals surface area contributed by atoms with Crippen LogP contribution in [-0.4, -0.2) is 17.2 Å². The van der Waals surface area contributed by atoms with Crippen LogP contribution in [0.1, 0.15) is 32.0 Å². The standard InChI is InChI=1S/C13H19N3/c1-4-11-6-5-9-15-13(11)12(7-8-14)16-10(2)3/h5-10,14,16H,4H2,1-3H3/b12-7-,14-8?. The van der Waals surface area contributed by atoms with Crippen molar-refractivity contribution in [1.82, 2.24) is 10.3 Å². The monoisotopic (exact) mass is 217 g/mol. The Morgan fingerprint density at radius 2 is 2.31 bits per heavy atom. The van der Waals surface area contributed by atoms with E-state index in [0.717, 1.165) is 17.8 Å². The molecule has 0 fully saturated rings. The van der Waals surface area contributed by atoms with Gasteiger partial charge in [-0.15, -0.1) is 0 Å². The molecule has 0 aromatic carbocycles. The first-order chi connectivity index (χ1) is 7.69. The fraction of sp³-hybridized carbons (Fsp3) is 0.385. The molecule has 16 heavy (non-hydrogen) atoms. The molecule has 86 valence electrons. The van der Waals surface area contributed by atoms with E-state index in [9.17, 15) is 0 Å².